The van der Waals surface area contributed by atoms with Crippen LogP contribution in [0.4, 0.5) is 0 Å². The van der Waals surface area contributed by atoms with E-state index in [9.17, 15) is 4.79 Å². The lowest BCUT2D eigenvalue weighted by Gasteiger charge is -2.10. The lowest BCUT2D eigenvalue weighted by molar-refractivity contribution is -0.118. The molecule has 1 aromatic heterocycles. The van der Waals surface area contributed by atoms with Gasteiger partial charge in [0.05, 0.1) is 25.7 Å². The largest absolute Gasteiger partial charge is 0.493 e. The summed E-state index contributed by atoms with van der Waals surface area (Å²) in [4.78, 5) is 20.7. The molecule has 7 nitrogen and oxygen atoms in total. The molecule has 1 amide bonds. The number of methoxy groups -OCH3 is 2. The number of hydrogen-bond donors (Lipinski definition) is 1. The number of hydrogen-bond acceptors (Lipinski definition) is 7. The number of rotatable bonds is 8. The summed E-state index contributed by atoms with van der Waals surface area (Å²) in [5.41, 5.74) is 5.97. The lowest BCUT2D eigenvalue weighted by atomic mass is 10.1. The van der Waals surface area contributed by atoms with Gasteiger partial charge in [-0.05, 0) is 44.5 Å². The van der Waals surface area contributed by atoms with Gasteiger partial charge in [-0.3, -0.25) is 4.79 Å². The van der Waals surface area contributed by atoms with Crippen molar-refractivity contribution in [1.29, 1.82) is 0 Å². The van der Waals surface area contributed by atoms with Gasteiger partial charge < -0.3 is 9.47 Å². The van der Waals surface area contributed by atoms with E-state index in [1.807, 2.05) is 45.0 Å². The molecular formula is C19H24N4O3S. The number of benzene rings is 1. The Labute approximate surface area is 163 Å². The molecule has 0 saturated heterocycles. The van der Waals surface area contributed by atoms with Crippen LogP contribution in [-0.4, -0.2) is 41.6 Å². The van der Waals surface area contributed by atoms with Crippen molar-refractivity contribution in [2.45, 2.75) is 32.3 Å². The molecule has 0 radical (unpaired) electrons. The fourth-order valence-corrected chi connectivity index (χ4v) is 3.16. The molecule has 2 aromatic rings. The van der Waals surface area contributed by atoms with Gasteiger partial charge in [0.15, 0.2) is 16.7 Å². The predicted molar refractivity (Wildman–Crippen MR) is 107 cm³/mol. The van der Waals surface area contributed by atoms with Crippen molar-refractivity contribution in [1.82, 2.24) is 15.4 Å². The van der Waals surface area contributed by atoms with Crippen LogP contribution in [0.2, 0.25) is 0 Å². The minimum Gasteiger partial charge on any atom is -0.493 e. The first-order valence-electron chi connectivity index (χ1n) is 8.49. The van der Waals surface area contributed by atoms with E-state index in [0.29, 0.717) is 23.1 Å². The SMILES string of the molecule is CC/C(=N\NC(=O)CSc1nc(C)cc(C)n1)c1ccc(OC)c(OC)c1. The molecule has 1 N–H and O–H groups in total. The van der Waals surface area contributed by atoms with Crippen molar-refractivity contribution < 1.29 is 14.3 Å². The van der Waals surface area contributed by atoms with Crippen molar-refractivity contribution in [2.24, 2.45) is 5.10 Å². The zero-order valence-corrected chi connectivity index (χ0v) is 17.0. The summed E-state index contributed by atoms with van der Waals surface area (Å²) in [5.74, 6) is 1.24. The summed E-state index contributed by atoms with van der Waals surface area (Å²) < 4.78 is 10.6. The summed E-state index contributed by atoms with van der Waals surface area (Å²) in [7, 11) is 3.17. The maximum absolute atomic E-state index is 12.1. The maximum Gasteiger partial charge on any atom is 0.250 e. The van der Waals surface area contributed by atoms with Crippen LogP contribution in [0.25, 0.3) is 0 Å². The third kappa shape index (κ3) is 5.96. The highest BCUT2D eigenvalue weighted by molar-refractivity contribution is 7.99. The quantitative estimate of drug-likeness (QED) is 0.324. The molecule has 144 valence electrons. The first-order chi connectivity index (χ1) is 13.0. The number of aryl methyl sites for hydroxylation is 2. The average Bonchev–Trinajstić information content (AvgIpc) is 2.65. The Hall–Kier alpha value is -2.61. The van der Waals surface area contributed by atoms with Gasteiger partial charge >= 0.3 is 0 Å². The Balaban J connectivity index is 2.02. The maximum atomic E-state index is 12.1. The molecule has 0 bridgehead atoms. The Kier molecular flexibility index (Phi) is 7.60. The second-order valence-corrected chi connectivity index (χ2v) is 6.68. The van der Waals surface area contributed by atoms with Crippen molar-refractivity contribution in [3.8, 4) is 11.5 Å². The summed E-state index contributed by atoms with van der Waals surface area (Å²) in [5, 5.41) is 4.84. The second kappa shape index (κ2) is 9.91. The van der Waals surface area contributed by atoms with E-state index < -0.39 is 0 Å². The minimum atomic E-state index is -0.214. The molecule has 0 saturated carbocycles. The summed E-state index contributed by atoms with van der Waals surface area (Å²) >= 11 is 1.28. The van der Waals surface area contributed by atoms with E-state index in [0.717, 1.165) is 22.7 Å². The van der Waals surface area contributed by atoms with Gasteiger partial charge in [0.1, 0.15) is 0 Å². The first kappa shape index (κ1) is 20.7. The van der Waals surface area contributed by atoms with Gasteiger partial charge in [-0.2, -0.15) is 5.10 Å². The van der Waals surface area contributed by atoms with E-state index in [1.54, 1.807) is 14.2 Å². The van der Waals surface area contributed by atoms with Crippen molar-refractivity contribution >= 4 is 23.4 Å². The predicted octanol–water partition coefficient (Wildman–Crippen LogP) is 3.13. The fourth-order valence-electron chi connectivity index (χ4n) is 2.41. The van der Waals surface area contributed by atoms with Gasteiger partial charge in [-0.1, -0.05) is 18.7 Å². The molecule has 0 atom stereocenters. The van der Waals surface area contributed by atoms with Gasteiger partial charge in [0.2, 0.25) is 0 Å². The molecule has 0 spiro atoms. The number of ether oxygens (including phenoxy) is 2. The standard InChI is InChI=1S/C19H24N4O3S/c1-6-15(14-7-8-16(25-4)17(10-14)26-5)22-23-18(24)11-27-19-20-12(2)9-13(3)21-19/h7-10H,6,11H2,1-5H3,(H,23,24)/b22-15+. The van der Waals surface area contributed by atoms with Crippen LogP contribution in [-0.2, 0) is 4.79 Å². The topological polar surface area (TPSA) is 85.7 Å². The molecule has 0 aliphatic heterocycles. The Bertz CT molecular complexity index is 819. The van der Waals surface area contributed by atoms with Crippen LogP contribution >= 0.6 is 11.8 Å². The Morgan fingerprint density at radius 3 is 2.37 bits per heavy atom. The zero-order chi connectivity index (χ0) is 19.8. The Morgan fingerprint density at radius 2 is 1.78 bits per heavy atom. The molecule has 0 fully saturated rings. The number of carbonyl (C=O) groups excluding carboxylic acids is 1. The van der Waals surface area contributed by atoms with Gasteiger partial charge in [0.25, 0.3) is 5.91 Å². The summed E-state index contributed by atoms with van der Waals surface area (Å²) in [6, 6.07) is 7.43. The van der Waals surface area contributed by atoms with E-state index in [2.05, 4.69) is 20.5 Å². The molecule has 1 aromatic carbocycles. The minimum absolute atomic E-state index is 0.190. The van der Waals surface area contributed by atoms with Crippen LogP contribution in [0, 0.1) is 13.8 Å². The molecule has 0 aliphatic carbocycles. The summed E-state index contributed by atoms with van der Waals surface area (Å²) in [6.07, 6.45) is 0.656. The lowest BCUT2D eigenvalue weighted by Crippen LogP contribution is -2.22. The van der Waals surface area contributed by atoms with Gasteiger partial charge in [-0.15, -0.1) is 0 Å². The fraction of sp³-hybridized carbons (Fsp3) is 0.368. The number of carbonyl (C=O) groups is 1. The van der Waals surface area contributed by atoms with Crippen LogP contribution in [0.3, 0.4) is 0 Å². The van der Waals surface area contributed by atoms with Crippen molar-refractivity contribution in [3.05, 3.63) is 41.2 Å². The molecule has 0 unspecified atom stereocenters. The van der Waals surface area contributed by atoms with E-state index in [4.69, 9.17) is 9.47 Å². The van der Waals surface area contributed by atoms with Gasteiger partial charge in [-0.25, -0.2) is 15.4 Å². The highest BCUT2D eigenvalue weighted by Crippen LogP contribution is 2.28. The molecule has 27 heavy (non-hydrogen) atoms. The number of aromatic nitrogens is 2. The number of thioether (sulfide) groups is 1. The zero-order valence-electron chi connectivity index (χ0n) is 16.2. The van der Waals surface area contributed by atoms with E-state index >= 15 is 0 Å². The average molecular weight is 388 g/mol. The molecule has 8 heteroatoms. The molecule has 2 rings (SSSR count). The number of nitrogens with zero attached hydrogens (tertiary/aromatic N) is 3. The first-order valence-corrected chi connectivity index (χ1v) is 9.48. The third-order valence-electron chi connectivity index (χ3n) is 3.66. The van der Waals surface area contributed by atoms with Crippen LogP contribution in [0.1, 0.15) is 30.3 Å². The van der Waals surface area contributed by atoms with E-state index in [-0.39, 0.29) is 11.7 Å². The summed E-state index contributed by atoms with van der Waals surface area (Å²) in [6.45, 7) is 5.78. The van der Waals surface area contributed by atoms with Crippen LogP contribution in [0.15, 0.2) is 34.5 Å². The molecular weight excluding hydrogens is 364 g/mol. The second-order valence-electron chi connectivity index (χ2n) is 5.74. The smallest absolute Gasteiger partial charge is 0.250 e. The van der Waals surface area contributed by atoms with Gasteiger partial charge in [0, 0.05) is 17.0 Å². The van der Waals surface area contributed by atoms with E-state index in [1.165, 1.54) is 11.8 Å². The van der Waals surface area contributed by atoms with Crippen molar-refractivity contribution in [3.63, 3.8) is 0 Å². The van der Waals surface area contributed by atoms with Crippen LogP contribution < -0.4 is 14.9 Å². The highest BCUT2D eigenvalue weighted by atomic mass is 32.2. The Morgan fingerprint density at radius 1 is 1.11 bits per heavy atom. The number of amides is 1. The molecule has 1 heterocycles. The normalized spacial score (nSPS) is 11.2. The number of nitrogens with one attached hydrogen (secondary N) is 1. The van der Waals surface area contributed by atoms with Crippen LogP contribution in [0.5, 0.6) is 11.5 Å². The molecule has 0 aliphatic rings. The monoisotopic (exact) mass is 388 g/mol. The third-order valence-corrected chi connectivity index (χ3v) is 4.51. The highest BCUT2D eigenvalue weighted by Gasteiger charge is 2.10. The number of hydrazone groups is 1. The van der Waals surface area contributed by atoms with Crippen molar-refractivity contribution in [2.75, 3.05) is 20.0 Å².